The van der Waals surface area contributed by atoms with Crippen molar-refractivity contribution in [2.45, 2.75) is 26.4 Å². The van der Waals surface area contributed by atoms with Crippen LogP contribution in [0, 0.1) is 11.3 Å². The van der Waals surface area contributed by atoms with Gasteiger partial charge in [-0.1, -0.05) is 41.9 Å². The minimum absolute atomic E-state index is 0.135. The molecule has 1 aromatic carbocycles. The lowest BCUT2D eigenvalue weighted by Gasteiger charge is -2.05. The van der Waals surface area contributed by atoms with Gasteiger partial charge in [-0.3, -0.25) is 0 Å². The van der Waals surface area contributed by atoms with Crippen molar-refractivity contribution in [3.63, 3.8) is 0 Å². The second-order valence-electron chi connectivity index (χ2n) is 2.43. The number of rotatable bonds is 2. The zero-order valence-corrected chi connectivity index (χ0v) is 9.95. The van der Waals surface area contributed by atoms with Crippen molar-refractivity contribution in [2.75, 3.05) is 0 Å². The lowest BCUT2D eigenvalue weighted by molar-refractivity contribution is 0.183. The summed E-state index contributed by atoms with van der Waals surface area (Å²) in [6, 6.07) is 9.24. The molecule has 0 fully saturated rings. The van der Waals surface area contributed by atoms with Crippen LogP contribution in [0.4, 0.5) is 0 Å². The van der Waals surface area contributed by atoms with Crippen LogP contribution in [0.1, 0.15) is 31.9 Å². The Hall–Kier alpha value is -0.850. The number of hydrogen-bond donors (Lipinski definition) is 1. The fourth-order valence-electron chi connectivity index (χ4n) is 0.918. The smallest absolute Gasteiger partial charge is 0.0920 e. The molecule has 76 valence electrons. The van der Waals surface area contributed by atoms with Crippen LogP contribution >= 0.6 is 15.9 Å². The maximum Gasteiger partial charge on any atom is 0.0920 e. The van der Waals surface area contributed by atoms with Crippen LogP contribution in [0.15, 0.2) is 28.7 Å². The molecular formula is C11H14BrNO. The first-order chi connectivity index (χ1) is 6.74. The molecule has 14 heavy (non-hydrogen) atoms. The van der Waals surface area contributed by atoms with E-state index in [0.29, 0.717) is 0 Å². The van der Waals surface area contributed by atoms with Gasteiger partial charge in [0.15, 0.2) is 0 Å². The van der Waals surface area contributed by atoms with E-state index < -0.39 is 6.10 Å². The Morgan fingerprint density at radius 1 is 1.50 bits per heavy atom. The van der Waals surface area contributed by atoms with Gasteiger partial charge < -0.3 is 5.11 Å². The van der Waals surface area contributed by atoms with Gasteiger partial charge in [-0.25, -0.2) is 0 Å². The molecular weight excluding hydrogens is 242 g/mol. The molecule has 0 saturated carbocycles. The second kappa shape index (κ2) is 7.54. The summed E-state index contributed by atoms with van der Waals surface area (Å²) >= 11 is 3.29. The molecule has 2 nitrogen and oxygen atoms in total. The van der Waals surface area contributed by atoms with E-state index >= 15 is 0 Å². The van der Waals surface area contributed by atoms with Gasteiger partial charge in [-0.2, -0.15) is 5.26 Å². The number of aliphatic hydroxyl groups is 1. The van der Waals surface area contributed by atoms with Gasteiger partial charge >= 0.3 is 0 Å². The number of halogens is 1. The Labute approximate surface area is 93.3 Å². The number of benzene rings is 1. The summed E-state index contributed by atoms with van der Waals surface area (Å²) in [6.07, 6.45) is -0.538. The maximum absolute atomic E-state index is 9.40. The summed E-state index contributed by atoms with van der Waals surface area (Å²) in [5.41, 5.74) is 0.769. The third-order valence-corrected chi connectivity index (χ3v) is 2.01. The van der Waals surface area contributed by atoms with Crippen molar-refractivity contribution in [1.29, 1.82) is 5.26 Å². The van der Waals surface area contributed by atoms with Crippen LogP contribution in [-0.2, 0) is 0 Å². The lowest BCUT2D eigenvalue weighted by atomic mass is 10.1. The molecule has 1 N–H and O–H groups in total. The summed E-state index contributed by atoms with van der Waals surface area (Å²) in [4.78, 5) is 0. The van der Waals surface area contributed by atoms with Crippen molar-refractivity contribution in [3.8, 4) is 6.07 Å². The summed E-state index contributed by atoms with van der Waals surface area (Å²) in [7, 11) is 0. The highest BCUT2D eigenvalue weighted by Crippen LogP contribution is 2.19. The van der Waals surface area contributed by atoms with Crippen LogP contribution in [0.2, 0.25) is 0 Å². The molecule has 0 aromatic heterocycles. The topological polar surface area (TPSA) is 44.0 Å². The van der Waals surface area contributed by atoms with Gasteiger partial charge in [0.2, 0.25) is 0 Å². The van der Waals surface area contributed by atoms with Gasteiger partial charge in [0.05, 0.1) is 18.6 Å². The minimum atomic E-state index is -0.674. The zero-order valence-electron chi connectivity index (χ0n) is 8.37. The third-order valence-electron chi connectivity index (χ3n) is 1.52. The highest BCUT2D eigenvalue weighted by Gasteiger charge is 2.05. The molecule has 1 aromatic rings. The Balaban J connectivity index is 0.000000791. The number of nitriles is 1. The van der Waals surface area contributed by atoms with Crippen LogP contribution in [0.5, 0.6) is 0 Å². The highest BCUT2D eigenvalue weighted by molar-refractivity contribution is 9.10. The predicted molar refractivity (Wildman–Crippen MR) is 60.7 cm³/mol. The molecule has 0 aliphatic rings. The van der Waals surface area contributed by atoms with E-state index in [4.69, 9.17) is 5.26 Å². The molecule has 1 unspecified atom stereocenters. The average molecular weight is 256 g/mol. The van der Waals surface area contributed by atoms with Crippen molar-refractivity contribution in [2.24, 2.45) is 0 Å². The Kier molecular flexibility index (Phi) is 7.09. The zero-order chi connectivity index (χ0) is 11.0. The van der Waals surface area contributed by atoms with Crippen molar-refractivity contribution in [3.05, 3.63) is 34.3 Å². The van der Waals surface area contributed by atoms with Gasteiger partial charge in [0.25, 0.3) is 0 Å². The predicted octanol–water partition coefficient (Wildman–Crippen LogP) is 3.42. The van der Waals surface area contributed by atoms with E-state index in [2.05, 4.69) is 15.9 Å². The molecule has 3 heteroatoms. The fourth-order valence-corrected chi connectivity index (χ4v) is 1.34. The van der Waals surface area contributed by atoms with Gasteiger partial charge in [0.1, 0.15) is 0 Å². The first-order valence-electron chi connectivity index (χ1n) is 4.54. The molecule has 1 rings (SSSR count). The van der Waals surface area contributed by atoms with Gasteiger partial charge in [0, 0.05) is 4.47 Å². The number of aliphatic hydroxyl groups excluding tert-OH is 1. The third kappa shape index (κ3) is 4.40. The Morgan fingerprint density at radius 3 is 2.64 bits per heavy atom. The molecule has 0 aliphatic heterocycles. The van der Waals surface area contributed by atoms with Crippen LogP contribution in [0.3, 0.4) is 0 Å². The monoisotopic (exact) mass is 255 g/mol. The van der Waals surface area contributed by atoms with Crippen molar-refractivity contribution >= 4 is 15.9 Å². The van der Waals surface area contributed by atoms with E-state index in [1.165, 1.54) is 0 Å². The van der Waals surface area contributed by atoms with Gasteiger partial charge in [-0.05, 0) is 17.7 Å². The Morgan fingerprint density at radius 2 is 2.14 bits per heavy atom. The fraction of sp³-hybridized carbons (Fsp3) is 0.364. The maximum atomic E-state index is 9.40. The summed E-state index contributed by atoms with van der Waals surface area (Å²) in [6.45, 7) is 4.00. The van der Waals surface area contributed by atoms with Crippen LogP contribution in [0.25, 0.3) is 0 Å². The van der Waals surface area contributed by atoms with Crippen molar-refractivity contribution in [1.82, 2.24) is 0 Å². The van der Waals surface area contributed by atoms with Crippen LogP contribution < -0.4 is 0 Å². The molecule has 0 amide bonds. The number of hydrogen-bond acceptors (Lipinski definition) is 2. The Bertz CT molecular complexity index is 306. The molecule has 0 bridgehead atoms. The largest absolute Gasteiger partial charge is 0.387 e. The standard InChI is InChI=1S/C9H8BrNO.C2H6/c10-8-3-1-2-7(6-8)9(12)4-5-11;1-2/h1-3,6,9,12H,4H2;1-2H3. The van der Waals surface area contributed by atoms with E-state index in [1.54, 1.807) is 6.07 Å². The molecule has 0 radical (unpaired) electrons. The highest BCUT2D eigenvalue weighted by atomic mass is 79.9. The molecule has 1 atom stereocenters. The summed E-state index contributed by atoms with van der Waals surface area (Å²) in [5, 5.41) is 17.7. The molecule has 0 saturated heterocycles. The first kappa shape index (κ1) is 13.2. The normalized spacial score (nSPS) is 10.8. The molecule has 0 heterocycles. The molecule has 0 aliphatic carbocycles. The van der Waals surface area contributed by atoms with Gasteiger partial charge in [-0.15, -0.1) is 0 Å². The first-order valence-corrected chi connectivity index (χ1v) is 5.34. The SMILES string of the molecule is CC.N#CCC(O)c1cccc(Br)c1. The number of nitrogens with zero attached hydrogens (tertiary/aromatic N) is 1. The quantitative estimate of drug-likeness (QED) is 0.880. The molecule has 0 spiro atoms. The second-order valence-corrected chi connectivity index (χ2v) is 3.35. The lowest BCUT2D eigenvalue weighted by Crippen LogP contribution is -1.94. The van der Waals surface area contributed by atoms with E-state index in [9.17, 15) is 5.11 Å². The average Bonchev–Trinajstić information content (AvgIpc) is 2.21. The van der Waals surface area contributed by atoms with Crippen LogP contribution in [-0.4, -0.2) is 5.11 Å². The summed E-state index contributed by atoms with van der Waals surface area (Å²) < 4.78 is 0.914. The van der Waals surface area contributed by atoms with E-state index in [1.807, 2.05) is 38.1 Å². The van der Waals surface area contributed by atoms with E-state index in [0.717, 1.165) is 10.0 Å². The minimum Gasteiger partial charge on any atom is -0.387 e. The van der Waals surface area contributed by atoms with Crippen molar-refractivity contribution < 1.29 is 5.11 Å². The van der Waals surface area contributed by atoms with E-state index in [-0.39, 0.29) is 6.42 Å². The summed E-state index contributed by atoms with van der Waals surface area (Å²) in [5.74, 6) is 0.